The van der Waals surface area contributed by atoms with Crippen molar-refractivity contribution in [1.82, 2.24) is 4.98 Å². The van der Waals surface area contributed by atoms with E-state index in [1.165, 1.54) is 0 Å². The first-order chi connectivity index (χ1) is 13.6. The number of hydrogen-bond donors (Lipinski definition) is 3. The summed E-state index contributed by atoms with van der Waals surface area (Å²) in [5, 5.41) is 19.1. The van der Waals surface area contributed by atoms with Gasteiger partial charge in [0.2, 0.25) is 0 Å². The second kappa shape index (κ2) is 7.16. The van der Waals surface area contributed by atoms with E-state index in [0.29, 0.717) is 4.88 Å². The summed E-state index contributed by atoms with van der Waals surface area (Å²) in [6.07, 6.45) is 5.64. The maximum Gasteiger partial charge on any atom is 0.354 e. The summed E-state index contributed by atoms with van der Waals surface area (Å²) in [6.45, 7) is 5.12. The second-order valence-electron chi connectivity index (χ2n) is 8.27. The monoisotopic (exact) mass is 434 g/mol. The van der Waals surface area contributed by atoms with E-state index in [-0.39, 0.29) is 4.21 Å². The van der Waals surface area contributed by atoms with Gasteiger partial charge in [0, 0.05) is 16.3 Å². The fourth-order valence-corrected chi connectivity index (χ4v) is 6.71. The number of thiophene rings is 1. The lowest BCUT2D eigenvalue weighted by atomic mass is 10.1. The Morgan fingerprint density at radius 2 is 1.83 bits per heavy atom. The predicted octanol–water partition coefficient (Wildman–Crippen LogP) is 3.59. The molecule has 29 heavy (non-hydrogen) atoms. The number of aliphatic hydroxyl groups is 1. The summed E-state index contributed by atoms with van der Waals surface area (Å²) in [6, 6.07) is 0.932. The van der Waals surface area contributed by atoms with Crippen molar-refractivity contribution in [3.63, 3.8) is 0 Å². The largest absolute Gasteiger partial charge is 0.385 e. The first-order valence-corrected chi connectivity index (χ1v) is 12.2. The number of amides is 2. The number of nitrogens with zero attached hydrogens (tertiary/aromatic N) is 2. The van der Waals surface area contributed by atoms with Gasteiger partial charge in [-0.05, 0) is 82.1 Å². The van der Waals surface area contributed by atoms with Crippen molar-refractivity contribution in [2.24, 2.45) is 9.50 Å². The Bertz CT molecular complexity index is 1090. The Labute approximate surface area is 175 Å². The summed E-state index contributed by atoms with van der Waals surface area (Å²) in [4.78, 5) is 18.1. The molecular weight excluding hydrogens is 408 g/mol. The Morgan fingerprint density at radius 3 is 2.34 bits per heavy atom. The Morgan fingerprint density at radius 1 is 1.24 bits per heavy atom. The van der Waals surface area contributed by atoms with E-state index in [9.17, 15) is 14.1 Å². The van der Waals surface area contributed by atoms with Crippen LogP contribution in [0.2, 0.25) is 0 Å². The first-order valence-electron chi connectivity index (χ1n) is 9.79. The average Bonchev–Trinajstić information content (AvgIpc) is 3.31. The number of fused-ring (bicyclic) bond motifs is 2. The molecule has 0 saturated carbocycles. The van der Waals surface area contributed by atoms with Crippen LogP contribution in [0, 0.1) is 6.92 Å². The number of anilines is 1. The fraction of sp³-hybridized carbons (Fsp3) is 0.500. The molecule has 2 aliphatic carbocycles. The van der Waals surface area contributed by atoms with Gasteiger partial charge >= 0.3 is 6.03 Å². The molecule has 0 bridgehead atoms. The second-order valence-corrected chi connectivity index (χ2v) is 11.3. The number of nitrogens with two attached hydrogens (primary N) is 1. The molecule has 2 heterocycles. The molecule has 0 radical (unpaired) electrons. The van der Waals surface area contributed by atoms with Gasteiger partial charge in [-0.25, -0.2) is 14.1 Å². The van der Waals surface area contributed by atoms with Gasteiger partial charge in [-0.3, -0.25) is 4.98 Å². The molecule has 0 aliphatic heterocycles. The third-order valence-corrected chi connectivity index (χ3v) is 8.88. The standard InChI is InChI=1S/C20H26N4O3S2/c1-11-10-16(28-18(11)20(2,3)26)29(21,27)24-19(25)23-17-12-6-4-8-14(12)22-15-9-5-7-13(15)17/h10,26H,4-9H2,1-3H3,(H3,21,22,23,24,25,27)/t29-/m0/s1. The van der Waals surface area contributed by atoms with Gasteiger partial charge in [-0.2, -0.15) is 0 Å². The van der Waals surface area contributed by atoms with Gasteiger partial charge in [0.25, 0.3) is 0 Å². The van der Waals surface area contributed by atoms with Crippen molar-refractivity contribution in [1.29, 1.82) is 0 Å². The van der Waals surface area contributed by atoms with Gasteiger partial charge < -0.3 is 10.4 Å². The van der Waals surface area contributed by atoms with Crippen LogP contribution in [0.1, 0.15) is 59.6 Å². The van der Waals surface area contributed by atoms with Crippen LogP contribution in [0.3, 0.4) is 0 Å². The van der Waals surface area contributed by atoms with Crippen LogP contribution < -0.4 is 10.5 Å². The minimum absolute atomic E-state index is 0.285. The molecule has 7 nitrogen and oxygen atoms in total. The predicted molar refractivity (Wildman–Crippen MR) is 115 cm³/mol. The average molecular weight is 435 g/mol. The lowest BCUT2D eigenvalue weighted by Gasteiger charge is -2.16. The van der Waals surface area contributed by atoms with E-state index in [4.69, 9.17) is 10.1 Å². The summed E-state index contributed by atoms with van der Waals surface area (Å²) in [7, 11) is -3.41. The molecule has 0 spiro atoms. The summed E-state index contributed by atoms with van der Waals surface area (Å²) < 4.78 is 17.1. The lowest BCUT2D eigenvalue weighted by Crippen LogP contribution is -2.18. The number of aryl methyl sites for hydroxylation is 3. The van der Waals surface area contributed by atoms with Crippen molar-refractivity contribution in [2.45, 2.75) is 69.1 Å². The third kappa shape index (κ3) is 3.84. The maximum atomic E-state index is 13.0. The van der Waals surface area contributed by atoms with Gasteiger partial charge in [-0.1, -0.05) is 0 Å². The maximum absolute atomic E-state index is 13.0. The fourth-order valence-electron chi connectivity index (χ4n) is 4.24. The van der Waals surface area contributed by atoms with Crippen LogP contribution in [-0.4, -0.2) is 20.3 Å². The van der Waals surface area contributed by atoms with Crippen LogP contribution >= 0.6 is 11.3 Å². The minimum atomic E-state index is -3.41. The van der Waals surface area contributed by atoms with Crippen molar-refractivity contribution in [3.8, 4) is 0 Å². The molecule has 2 aromatic rings. The minimum Gasteiger partial charge on any atom is -0.385 e. The SMILES string of the molecule is Cc1cc([S@@](N)(=O)=NC(=O)Nc2c3c(nc4c2CCC4)CCC3)sc1C(C)(C)O. The normalized spacial score (nSPS) is 17.6. The number of pyridine rings is 1. The Kier molecular flexibility index (Phi) is 5.05. The van der Waals surface area contributed by atoms with E-state index in [0.717, 1.165) is 83.6 Å². The molecular formula is C20H26N4O3S2. The first kappa shape index (κ1) is 20.5. The zero-order valence-corrected chi connectivity index (χ0v) is 18.5. The van der Waals surface area contributed by atoms with Crippen LogP contribution in [0.25, 0.3) is 0 Å². The molecule has 1 atom stereocenters. The van der Waals surface area contributed by atoms with Crippen LogP contribution in [0.4, 0.5) is 10.5 Å². The molecule has 156 valence electrons. The molecule has 0 saturated heterocycles. The van der Waals surface area contributed by atoms with Gasteiger partial charge in [-0.15, -0.1) is 15.7 Å². The molecule has 2 aliphatic rings. The third-order valence-electron chi connectivity index (χ3n) is 5.44. The summed E-state index contributed by atoms with van der Waals surface area (Å²) in [5.74, 6) is 0. The molecule has 0 unspecified atom stereocenters. The Balaban J connectivity index is 1.67. The van der Waals surface area contributed by atoms with Gasteiger partial charge in [0.05, 0.1) is 11.3 Å². The number of carbonyl (C=O) groups is 1. The van der Waals surface area contributed by atoms with Crippen LogP contribution in [0.5, 0.6) is 0 Å². The van der Waals surface area contributed by atoms with E-state index < -0.39 is 21.5 Å². The van der Waals surface area contributed by atoms with Crippen molar-refractivity contribution in [3.05, 3.63) is 39.0 Å². The highest BCUT2D eigenvalue weighted by Gasteiger charge is 2.28. The van der Waals surface area contributed by atoms with E-state index >= 15 is 0 Å². The van der Waals surface area contributed by atoms with E-state index in [1.54, 1.807) is 19.9 Å². The zero-order chi connectivity index (χ0) is 21.0. The van der Waals surface area contributed by atoms with Crippen molar-refractivity contribution >= 4 is 33.0 Å². The van der Waals surface area contributed by atoms with Crippen molar-refractivity contribution < 1.29 is 14.1 Å². The highest BCUT2D eigenvalue weighted by molar-refractivity contribution is 7.93. The Hall–Kier alpha value is -1.81. The lowest BCUT2D eigenvalue weighted by molar-refractivity contribution is 0.0819. The van der Waals surface area contributed by atoms with Crippen LogP contribution in [-0.2, 0) is 41.2 Å². The number of hydrogen-bond acceptors (Lipinski definition) is 5. The molecule has 0 fully saturated rings. The number of carbonyl (C=O) groups excluding carboxylic acids is 1. The van der Waals surface area contributed by atoms with E-state index in [1.807, 2.05) is 6.92 Å². The quantitative estimate of drug-likeness (QED) is 0.684. The van der Waals surface area contributed by atoms with Crippen LogP contribution in [0.15, 0.2) is 14.6 Å². The number of rotatable bonds is 3. The number of nitrogens with one attached hydrogen (secondary N) is 1. The topological polar surface area (TPSA) is 118 Å². The summed E-state index contributed by atoms with van der Waals surface area (Å²) in [5.41, 5.74) is 4.75. The van der Waals surface area contributed by atoms with Crippen molar-refractivity contribution in [2.75, 3.05) is 5.32 Å². The molecule has 4 rings (SSSR count). The van der Waals surface area contributed by atoms with Gasteiger partial charge in [0.1, 0.15) is 4.21 Å². The highest BCUT2D eigenvalue weighted by Crippen LogP contribution is 2.37. The van der Waals surface area contributed by atoms with E-state index in [2.05, 4.69) is 9.68 Å². The van der Waals surface area contributed by atoms with Gasteiger partial charge in [0.15, 0.2) is 9.92 Å². The molecule has 4 N–H and O–H groups in total. The smallest absolute Gasteiger partial charge is 0.354 e. The number of aromatic nitrogens is 1. The molecule has 0 aromatic carbocycles. The molecule has 2 aromatic heterocycles. The highest BCUT2D eigenvalue weighted by atomic mass is 32.2. The number of urea groups is 1. The molecule has 2 amide bonds. The summed E-state index contributed by atoms with van der Waals surface area (Å²) >= 11 is 1.13. The molecule has 9 heteroatoms. The zero-order valence-electron chi connectivity index (χ0n) is 16.9.